The van der Waals surface area contributed by atoms with Crippen molar-refractivity contribution in [2.24, 2.45) is 0 Å². The molecule has 1 aliphatic rings. The van der Waals surface area contributed by atoms with Gasteiger partial charge in [-0.05, 0) is 62.1 Å². The number of hydrogen-bond acceptors (Lipinski definition) is 3. The molecule has 0 bridgehead atoms. The maximum Gasteiger partial charge on any atom is 0.251 e. The number of benzene rings is 1. The highest BCUT2D eigenvalue weighted by Crippen LogP contribution is 2.30. The number of nitrogens with zero attached hydrogens (tertiary/aromatic N) is 3. The molecule has 0 aliphatic heterocycles. The highest BCUT2D eigenvalue weighted by atomic mass is 35.5. The molecule has 0 saturated carbocycles. The van der Waals surface area contributed by atoms with Crippen LogP contribution in [0.15, 0.2) is 48.7 Å². The topological polar surface area (TPSA) is 59.8 Å². The van der Waals surface area contributed by atoms with Crippen LogP contribution in [0, 0.1) is 0 Å². The Morgan fingerprint density at radius 2 is 1.93 bits per heavy atom. The highest BCUT2D eigenvalue weighted by molar-refractivity contribution is 6.30. The minimum absolute atomic E-state index is 0.0994. The van der Waals surface area contributed by atoms with Crippen molar-refractivity contribution >= 4 is 17.5 Å². The van der Waals surface area contributed by atoms with Gasteiger partial charge in [0.2, 0.25) is 0 Å². The van der Waals surface area contributed by atoms with E-state index in [1.54, 1.807) is 30.5 Å². The Bertz CT molecular complexity index is 935. The zero-order valence-electron chi connectivity index (χ0n) is 15.0. The number of pyridine rings is 1. The fourth-order valence-electron chi connectivity index (χ4n) is 3.54. The van der Waals surface area contributed by atoms with Crippen LogP contribution in [0.5, 0.6) is 0 Å². The van der Waals surface area contributed by atoms with Gasteiger partial charge in [-0.2, -0.15) is 5.10 Å². The Labute approximate surface area is 163 Å². The molecule has 1 aromatic carbocycles. The minimum atomic E-state index is -0.0994. The summed E-state index contributed by atoms with van der Waals surface area (Å²) in [7, 11) is 0. The van der Waals surface area contributed by atoms with Crippen LogP contribution in [0.1, 0.15) is 34.5 Å². The second-order valence-corrected chi connectivity index (χ2v) is 7.12. The van der Waals surface area contributed by atoms with Crippen LogP contribution in [0.3, 0.4) is 0 Å². The molecule has 1 aliphatic carbocycles. The monoisotopic (exact) mass is 380 g/mol. The summed E-state index contributed by atoms with van der Waals surface area (Å²) in [4.78, 5) is 16.7. The van der Waals surface area contributed by atoms with Crippen LogP contribution in [0.25, 0.3) is 11.4 Å². The van der Waals surface area contributed by atoms with Crippen LogP contribution in [-0.2, 0) is 19.4 Å². The summed E-state index contributed by atoms with van der Waals surface area (Å²) in [5, 5.41) is 8.41. The van der Waals surface area contributed by atoms with Gasteiger partial charge in [0.1, 0.15) is 5.69 Å². The molecule has 6 heteroatoms. The second kappa shape index (κ2) is 7.92. The molecule has 0 spiro atoms. The lowest BCUT2D eigenvalue weighted by Gasteiger charge is -2.14. The number of nitrogens with one attached hydrogen (secondary N) is 1. The first-order chi connectivity index (χ1) is 13.2. The van der Waals surface area contributed by atoms with Crippen LogP contribution in [0.2, 0.25) is 5.02 Å². The summed E-state index contributed by atoms with van der Waals surface area (Å²) in [6.07, 6.45) is 6.23. The average Bonchev–Trinajstić information content (AvgIpc) is 3.08. The van der Waals surface area contributed by atoms with Crippen LogP contribution in [0.4, 0.5) is 0 Å². The van der Waals surface area contributed by atoms with E-state index in [2.05, 4.69) is 10.3 Å². The number of fused-ring (bicyclic) bond motifs is 1. The molecule has 0 unspecified atom stereocenters. The van der Waals surface area contributed by atoms with Gasteiger partial charge < -0.3 is 5.32 Å². The van der Waals surface area contributed by atoms with Crippen molar-refractivity contribution in [1.29, 1.82) is 0 Å². The number of amides is 1. The lowest BCUT2D eigenvalue weighted by Crippen LogP contribution is -2.28. The molecule has 4 rings (SSSR count). The Balaban J connectivity index is 1.48. The molecule has 0 atom stereocenters. The van der Waals surface area contributed by atoms with Crippen molar-refractivity contribution in [2.75, 3.05) is 6.54 Å². The quantitative estimate of drug-likeness (QED) is 0.730. The average molecular weight is 381 g/mol. The van der Waals surface area contributed by atoms with Crippen molar-refractivity contribution in [2.45, 2.75) is 32.2 Å². The zero-order valence-corrected chi connectivity index (χ0v) is 15.7. The third kappa shape index (κ3) is 3.88. The molecule has 5 nitrogen and oxygen atoms in total. The van der Waals surface area contributed by atoms with Gasteiger partial charge in [0, 0.05) is 34.6 Å². The van der Waals surface area contributed by atoms with Gasteiger partial charge in [-0.1, -0.05) is 17.7 Å². The van der Waals surface area contributed by atoms with Gasteiger partial charge in [-0.3, -0.25) is 14.5 Å². The molecule has 2 heterocycles. The lowest BCUT2D eigenvalue weighted by atomic mass is 9.95. The minimum Gasteiger partial charge on any atom is -0.350 e. The normalized spacial score (nSPS) is 13.2. The second-order valence-electron chi connectivity index (χ2n) is 6.68. The molecular weight excluding hydrogens is 360 g/mol. The van der Waals surface area contributed by atoms with E-state index in [0.29, 0.717) is 23.7 Å². The van der Waals surface area contributed by atoms with Gasteiger partial charge in [0.25, 0.3) is 5.91 Å². The van der Waals surface area contributed by atoms with Gasteiger partial charge in [-0.15, -0.1) is 0 Å². The van der Waals surface area contributed by atoms with E-state index in [-0.39, 0.29) is 5.91 Å². The van der Waals surface area contributed by atoms with E-state index in [0.717, 1.165) is 24.2 Å². The predicted molar refractivity (Wildman–Crippen MR) is 106 cm³/mol. The fraction of sp³-hybridized carbons (Fsp3) is 0.286. The summed E-state index contributed by atoms with van der Waals surface area (Å²) >= 11 is 5.87. The Kier molecular flexibility index (Phi) is 5.21. The molecule has 27 heavy (non-hydrogen) atoms. The first kappa shape index (κ1) is 17.7. The summed E-state index contributed by atoms with van der Waals surface area (Å²) in [6, 6.07) is 12.8. The lowest BCUT2D eigenvalue weighted by molar-refractivity contribution is 0.0952. The zero-order chi connectivity index (χ0) is 18.6. The fourth-order valence-corrected chi connectivity index (χ4v) is 3.67. The number of rotatable bonds is 5. The van der Waals surface area contributed by atoms with Crippen molar-refractivity contribution in [3.8, 4) is 11.4 Å². The molecule has 1 amide bonds. The molecule has 1 N–H and O–H groups in total. The highest BCUT2D eigenvalue weighted by Gasteiger charge is 2.22. The van der Waals surface area contributed by atoms with E-state index in [1.807, 2.05) is 22.9 Å². The van der Waals surface area contributed by atoms with Gasteiger partial charge in [-0.25, -0.2) is 0 Å². The summed E-state index contributed by atoms with van der Waals surface area (Å²) in [6.45, 7) is 1.17. The molecular formula is C21H21ClN4O. The van der Waals surface area contributed by atoms with Gasteiger partial charge >= 0.3 is 0 Å². The smallest absolute Gasteiger partial charge is 0.251 e. The number of halogens is 1. The van der Waals surface area contributed by atoms with Crippen molar-refractivity contribution in [3.05, 3.63) is 70.5 Å². The standard InChI is InChI=1S/C21H21ClN4O/c22-16-10-8-15(9-11-16)21(27)24-13-14-26-19-7-2-1-5-17(19)20(25-26)18-6-3-4-12-23-18/h3-4,6,8-12H,1-2,5,7,13-14H2,(H,24,27). The Morgan fingerprint density at radius 1 is 1.11 bits per heavy atom. The van der Waals surface area contributed by atoms with E-state index >= 15 is 0 Å². The maximum atomic E-state index is 12.3. The van der Waals surface area contributed by atoms with Crippen LogP contribution < -0.4 is 5.32 Å². The van der Waals surface area contributed by atoms with Gasteiger partial charge in [0.15, 0.2) is 0 Å². The van der Waals surface area contributed by atoms with Crippen LogP contribution in [-0.4, -0.2) is 27.2 Å². The number of carbonyl (C=O) groups excluding carboxylic acids is 1. The van der Waals surface area contributed by atoms with Crippen molar-refractivity contribution < 1.29 is 4.79 Å². The van der Waals surface area contributed by atoms with E-state index in [9.17, 15) is 4.79 Å². The molecule has 0 radical (unpaired) electrons. The van der Waals surface area contributed by atoms with E-state index in [1.165, 1.54) is 24.1 Å². The summed E-state index contributed by atoms with van der Waals surface area (Å²) < 4.78 is 2.04. The number of carbonyl (C=O) groups is 1. The molecule has 0 fully saturated rings. The van der Waals surface area contributed by atoms with Crippen LogP contribution >= 0.6 is 11.6 Å². The largest absolute Gasteiger partial charge is 0.350 e. The first-order valence-corrected chi connectivity index (χ1v) is 9.64. The molecule has 2 aromatic heterocycles. The van der Waals surface area contributed by atoms with Crippen molar-refractivity contribution in [3.63, 3.8) is 0 Å². The first-order valence-electron chi connectivity index (χ1n) is 9.26. The third-order valence-corrected chi connectivity index (χ3v) is 5.13. The van der Waals surface area contributed by atoms with Gasteiger partial charge in [0.05, 0.1) is 12.2 Å². The molecule has 0 saturated heterocycles. The maximum absolute atomic E-state index is 12.3. The number of hydrogen-bond donors (Lipinski definition) is 1. The van der Waals surface area contributed by atoms with E-state index in [4.69, 9.17) is 16.7 Å². The Hall–Kier alpha value is -2.66. The molecule has 138 valence electrons. The number of aromatic nitrogens is 3. The summed E-state index contributed by atoms with van der Waals surface area (Å²) in [5.74, 6) is -0.0994. The molecule has 3 aromatic rings. The third-order valence-electron chi connectivity index (χ3n) is 4.88. The Morgan fingerprint density at radius 3 is 2.70 bits per heavy atom. The summed E-state index contributed by atoms with van der Waals surface area (Å²) in [5.41, 5.74) is 5.09. The SMILES string of the molecule is O=C(NCCn1nc(-c2ccccn2)c2c1CCCC2)c1ccc(Cl)cc1. The predicted octanol–water partition coefficient (Wildman–Crippen LogP) is 3.91. The van der Waals surface area contributed by atoms with E-state index < -0.39 is 0 Å². The van der Waals surface area contributed by atoms with Crippen molar-refractivity contribution in [1.82, 2.24) is 20.1 Å².